The molecule has 0 fully saturated rings. The quantitative estimate of drug-likeness (QED) is 0.0670. The number of benzene rings is 6. The van der Waals surface area contributed by atoms with Crippen molar-refractivity contribution >= 4 is 35.6 Å². The molecule has 6 aromatic carbocycles. The van der Waals surface area contributed by atoms with Gasteiger partial charge in [0.05, 0.1) is 53.8 Å². The first kappa shape index (κ1) is 57.8. The molecule has 6 aromatic rings. The normalized spacial score (nSPS) is 21.5. The van der Waals surface area contributed by atoms with Crippen LogP contribution in [0.2, 0.25) is 0 Å². The van der Waals surface area contributed by atoms with Crippen LogP contribution < -0.4 is 16.0 Å². The first-order valence-electron chi connectivity index (χ1n) is 27.7. The van der Waals surface area contributed by atoms with Gasteiger partial charge in [-0.1, -0.05) is 164 Å². The van der Waals surface area contributed by atoms with Crippen molar-refractivity contribution in [3.8, 4) is 0 Å². The fraction of sp³-hybridized carbons (Fsp3) is 0.364. The summed E-state index contributed by atoms with van der Waals surface area (Å²) in [7, 11) is 0. The van der Waals surface area contributed by atoms with E-state index in [-0.39, 0.29) is 53.4 Å². The van der Waals surface area contributed by atoms with Gasteiger partial charge in [-0.2, -0.15) is 0 Å². The molecule has 4 unspecified atom stereocenters. The molecule has 0 bridgehead atoms. The average Bonchev–Trinajstić information content (AvgIpc) is 3.68. The van der Waals surface area contributed by atoms with E-state index in [9.17, 15) is 28.8 Å². The lowest BCUT2D eigenvalue weighted by Crippen LogP contribution is -2.48. The molecule has 12 nitrogen and oxygen atoms in total. The number of esters is 3. The van der Waals surface area contributed by atoms with Crippen LogP contribution in [-0.4, -0.2) is 75.1 Å². The maximum Gasteiger partial charge on any atom is 0.313 e. The van der Waals surface area contributed by atoms with Gasteiger partial charge in [-0.15, -0.1) is 0 Å². The first-order valence-corrected chi connectivity index (χ1v) is 27.7. The van der Waals surface area contributed by atoms with E-state index >= 15 is 0 Å². The molecule has 3 N–H and O–H groups in total. The fourth-order valence-corrected chi connectivity index (χ4v) is 12.1. The highest BCUT2D eigenvalue weighted by Crippen LogP contribution is 2.50. The van der Waals surface area contributed by atoms with Gasteiger partial charge in [0.2, 0.25) is 17.7 Å². The topological polar surface area (TPSA) is 166 Å². The first-order chi connectivity index (χ1) is 37.9. The zero-order valence-electron chi connectivity index (χ0n) is 46.0. The van der Waals surface area contributed by atoms with Gasteiger partial charge in [-0.25, -0.2) is 0 Å². The van der Waals surface area contributed by atoms with Crippen LogP contribution in [0.5, 0.6) is 0 Å². The SMILES string of the molecule is CCNC(=O)C1(c2ccccc2)CCC(C(=O)OCC)c2ccccc21.CCNC(=O)C1(c2ccccc2)CC[C@@H](C(=O)OCC)c2ccccc21.CCNC(=O)C1(c2ccccc2)CC[C@H](C(=O)OCC)c2ccccc21. The summed E-state index contributed by atoms with van der Waals surface area (Å²) in [4.78, 5) is 77.2. The van der Waals surface area contributed by atoms with Crippen molar-refractivity contribution in [1.29, 1.82) is 0 Å². The van der Waals surface area contributed by atoms with Crippen LogP contribution in [0.3, 0.4) is 0 Å². The van der Waals surface area contributed by atoms with E-state index in [2.05, 4.69) is 16.0 Å². The van der Waals surface area contributed by atoms with Crippen molar-refractivity contribution in [1.82, 2.24) is 16.0 Å². The summed E-state index contributed by atoms with van der Waals surface area (Å²) in [6.45, 7) is 14.0. The third kappa shape index (κ3) is 11.5. The molecule has 78 heavy (non-hydrogen) atoms. The van der Waals surface area contributed by atoms with Gasteiger partial charge in [-0.05, 0) is 130 Å². The largest absolute Gasteiger partial charge is 0.466 e. The number of carbonyl (C=O) groups is 6. The van der Waals surface area contributed by atoms with Crippen molar-refractivity contribution in [2.45, 2.75) is 114 Å². The number of ether oxygens (including phenoxy) is 3. The molecular weight excluding hydrogens is 979 g/mol. The zero-order chi connectivity index (χ0) is 55.7. The minimum absolute atomic E-state index is 0.0130. The Morgan fingerprint density at radius 2 is 0.590 bits per heavy atom. The third-order valence-corrected chi connectivity index (χ3v) is 15.5. The van der Waals surface area contributed by atoms with Crippen LogP contribution in [0, 0.1) is 0 Å². The minimum Gasteiger partial charge on any atom is -0.466 e. The fourth-order valence-electron chi connectivity index (χ4n) is 12.1. The molecule has 0 aliphatic heterocycles. The second-order valence-electron chi connectivity index (χ2n) is 19.7. The second kappa shape index (κ2) is 27.0. The molecule has 9 rings (SSSR count). The highest BCUT2D eigenvalue weighted by molar-refractivity contribution is 5.96. The van der Waals surface area contributed by atoms with Gasteiger partial charge in [-0.3, -0.25) is 28.8 Å². The minimum atomic E-state index is -0.781. The Bertz CT molecular complexity index is 2680. The van der Waals surface area contributed by atoms with Crippen LogP contribution in [0.25, 0.3) is 0 Å². The van der Waals surface area contributed by atoms with Gasteiger partial charge in [0.15, 0.2) is 0 Å². The molecule has 3 amide bonds. The summed E-state index contributed by atoms with van der Waals surface area (Å²) in [5.74, 6) is -1.64. The Labute approximate surface area is 460 Å². The van der Waals surface area contributed by atoms with Gasteiger partial charge < -0.3 is 30.2 Å². The predicted molar refractivity (Wildman–Crippen MR) is 303 cm³/mol. The molecule has 12 heteroatoms. The molecule has 408 valence electrons. The molecule has 6 atom stereocenters. The van der Waals surface area contributed by atoms with E-state index in [4.69, 9.17) is 14.2 Å². The summed E-state index contributed by atoms with van der Waals surface area (Å²) in [6.07, 6.45) is 3.47. The molecular formula is C66H75N3O9. The summed E-state index contributed by atoms with van der Waals surface area (Å²) in [5, 5.41) is 9.03. The molecule has 3 aliphatic carbocycles. The molecule has 0 radical (unpaired) electrons. The number of fused-ring (bicyclic) bond motifs is 3. The number of hydrogen-bond acceptors (Lipinski definition) is 9. The number of nitrogens with one attached hydrogen (secondary N) is 3. The van der Waals surface area contributed by atoms with Crippen molar-refractivity contribution in [3.63, 3.8) is 0 Å². The van der Waals surface area contributed by atoms with E-state index < -0.39 is 16.2 Å². The molecule has 0 saturated carbocycles. The molecule has 0 heterocycles. The van der Waals surface area contributed by atoms with E-state index in [1.54, 1.807) is 0 Å². The van der Waals surface area contributed by atoms with Crippen LogP contribution >= 0.6 is 0 Å². The number of hydrogen-bond donors (Lipinski definition) is 3. The van der Waals surface area contributed by atoms with E-state index in [1.807, 2.05) is 205 Å². The summed E-state index contributed by atoms with van der Waals surface area (Å²) < 4.78 is 15.8. The lowest BCUT2D eigenvalue weighted by Gasteiger charge is -2.40. The van der Waals surface area contributed by atoms with Crippen LogP contribution in [-0.2, 0) is 59.2 Å². The number of rotatable bonds is 15. The Morgan fingerprint density at radius 3 is 0.821 bits per heavy atom. The van der Waals surface area contributed by atoms with Crippen LogP contribution in [0.4, 0.5) is 0 Å². The number of carbonyl (C=O) groups excluding carboxylic acids is 6. The lowest BCUT2D eigenvalue weighted by molar-refractivity contribution is -0.146. The lowest BCUT2D eigenvalue weighted by atomic mass is 9.62. The molecule has 0 aromatic heterocycles. The smallest absolute Gasteiger partial charge is 0.313 e. The van der Waals surface area contributed by atoms with E-state index in [1.165, 1.54) is 0 Å². The van der Waals surface area contributed by atoms with Gasteiger partial charge in [0, 0.05) is 19.6 Å². The van der Waals surface area contributed by atoms with Gasteiger partial charge >= 0.3 is 17.9 Å². The van der Waals surface area contributed by atoms with Crippen molar-refractivity contribution in [3.05, 3.63) is 214 Å². The summed E-state index contributed by atoms with van der Waals surface area (Å²) in [5.41, 5.74) is 5.93. The standard InChI is InChI=1S/3C22H25NO3/c3*1-3-23-21(25)22(16-10-6-5-7-11-16)15-14-18(20(24)26-4-2)17-12-8-9-13-19(17)22/h3*5-13,18H,3-4,14-15H2,1-2H3,(H,23,25)/t2*18-,22?;/m10./s1. The van der Waals surface area contributed by atoms with Crippen LogP contribution in [0.1, 0.15) is 148 Å². The van der Waals surface area contributed by atoms with Crippen molar-refractivity contribution in [2.75, 3.05) is 39.5 Å². The average molecular weight is 1050 g/mol. The highest BCUT2D eigenvalue weighted by Gasteiger charge is 2.51. The highest BCUT2D eigenvalue weighted by atomic mass is 16.5. The van der Waals surface area contributed by atoms with E-state index in [0.717, 1.165) is 50.1 Å². The third-order valence-electron chi connectivity index (χ3n) is 15.5. The molecule has 0 saturated heterocycles. The van der Waals surface area contributed by atoms with Crippen molar-refractivity contribution < 1.29 is 43.0 Å². The molecule has 3 aliphatic rings. The molecule has 0 spiro atoms. The summed E-state index contributed by atoms with van der Waals surface area (Å²) >= 11 is 0. The second-order valence-corrected chi connectivity index (χ2v) is 19.7. The van der Waals surface area contributed by atoms with Gasteiger partial charge in [0.1, 0.15) is 0 Å². The maximum absolute atomic E-state index is 13.3. The number of likely N-dealkylation sites (N-methyl/N-ethyl adjacent to an activating group) is 3. The Morgan fingerprint density at radius 1 is 0.359 bits per heavy atom. The van der Waals surface area contributed by atoms with E-state index in [0.29, 0.717) is 78.0 Å². The summed E-state index contributed by atoms with van der Waals surface area (Å²) in [6, 6.07) is 52.9. The maximum atomic E-state index is 13.3. The Kier molecular flexibility index (Phi) is 20.0. The predicted octanol–water partition coefficient (Wildman–Crippen LogP) is 10.6. The van der Waals surface area contributed by atoms with Gasteiger partial charge in [0.25, 0.3) is 0 Å². The zero-order valence-corrected chi connectivity index (χ0v) is 46.0. The van der Waals surface area contributed by atoms with Crippen molar-refractivity contribution in [2.24, 2.45) is 0 Å². The number of amides is 3. The Balaban J connectivity index is 0.000000170. The Hall–Kier alpha value is -7.86. The monoisotopic (exact) mass is 1050 g/mol. The van der Waals surface area contributed by atoms with Crippen LogP contribution in [0.15, 0.2) is 164 Å².